The van der Waals surface area contributed by atoms with Crippen molar-refractivity contribution in [1.82, 2.24) is 5.32 Å². The zero-order chi connectivity index (χ0) is 24.9. The van der Waals surface area contributed by atoms with Crippen molar-refractivity contribution < 1.29 is 23.9 Å². The number of amides is 1. The van der Waals surface area contributed by atoms with E-state index in [-0.39, 0.29) is 30.0 Å². The van der Waals surface area contributed by atoms with Gasteiger partial charge < -0.3 is 14.8 Å². The van der Waals surface area contributed by atoms with Crippen molar-refractivity contribution in [3.05, 3.63) is 0 Å². The molecule has 4 saturated carbocycles. The average molecular weight is 476 g/mol. The molecular weight excluding hydrogens is 430 g/mol. The fourth-order valence-electron chi connectivity index (χ4n) is 8.68. The molecule has 4 aliphatic carbocycles. The highest BCUT2D eigenvalue weighted by Gasteiger charge is 2.60. The Morgan fingerprint density at radius 3 is 2.26 bits per heavy atom. The zero-order valence-electron chi connectivity index (χ0n) is 22.1. The molecular formula is C28H45NO5. The van der Waals surface area contributed by atoms with Crippen LogP contribution in [0.1, 0.15) is 99.3 Å². The predicted molar refractivity (Wildman–Crippen MR) is 130 cm³/mol. The lowest BCUT2D eigenvalue weighted by Gasteiger charge is -2.61. The monoisotopic (exact) mass is 475 g/mol. The maximum Gasteiger partial charge on any atom is 0.408 e. The smallest absolute Gasteiger partial charge is 0.408 e. The molecule has 0 aliphatic heterocycles. The van der Waals surface area contributed by atoms with Crippen molar-refractivity contribution in [3.8, 4) is 0 Å². The molecule has 6 heteroatoms. The second-order valence-electron chi connectivity index (χ2n) is 13.2. The van der Waals surface area contributed by atoms with Crippen molar-refractivity contribution in [2.24, 2.45) is 40.4 Å². The summed E-state index contributed by atoms with van der Waals surface area (Å²) in [6.45, 7) is 11.9. The molecule has 34 heavy (non-hydrogen) atoms. The summed E-state index contributed by atoms with van der Waals surface area (Å²) < 4.78 is 11.0. The number of Topliss-reactive ketones (excluding diaryl/α,β-unsaturated/α-hetero) is 1. The number of ketones is 1. The first-order chi connectivity index (χ1) is 15.8. The van der Waals surface area contributed by atoms with Crippen LogP contribution in [0.25, 0.3) is 0 Å². The summed E-state index contributed by atoms with van der Waals surface area (Å²) in [5.74, 6) is 2.99. The van der Waals surface area contributed by atoms with Gasteiger partial charge in [0.25, 0.3) is 0 Å². The zero-order valence-corrected chi connectivity index (χ0v) is 22.1. The highest BCUT2D eigenvalue weighted by Crippen LogP contribution is 2.67. The Morgan fingerprint density at radius 2 is 1.59 bits per heavy atom. The van der Waals surface area contributed by atoms with Crippen molar-refractivity contribution in [2.45, 2.75) is 111 Å². The van der Waals surface area contributed by atoms with Crippen LogP contribution in [0.2, 0.25) is 0 Å². The molecule has 0 bridgehead atoms. The van der Waals surface area contributed by atoms with E-state index in [0.717, 1.165) is 37.5 Å². The lowest BCUT2D eigenvalue weighted by molar-refractivity contribution is -0.162. The van der Waals surface area contributed by atoms with Gasteiger partial charge in [-0.15, -0.1) is 0 Å². The van der Waals surface area contributed by atoms with Crippen LogP contribution >= 0.6 is 0 Å². The largest absolute Gasteiger partial charge is 0.461 e. The molecule has 0 saturated heterocycles. The molecule has 1 amide bonds. The normalized spacial score (nSPS) is 41.5. The Morgan fingerprint density at radius 1 is 0.912 bits per heavy atom. The van der Waals surface area contributed by atoms with E-state index in [0.29, 0.717) is 23.0 Å². The number of esters is 1. The van der Waals surface area contributed by atoms with E-state index in [1.54, 1.807) is 27.7 Å². The Balaban J connectivity index is 1.33. The molecule has 0 aromatic rings. The van der Waals surface area contributed by atoms with E-state index in [1.165, 1.54) is 32.1 Å². The molecule has 4 fully saturated rings. The summed E-state index contributed by atoms with van der Waals surface area (Å²) in [5, 5.41) is 2.51. The predicted octanol–water partition coefficient (Wildman–Crippen LogP) is 5.67. The van der Waals surface area contributed by atoms with Crippen LogP contribution in [0.15, 0.2) is 0 Å². The molecule has 6 nitrogen and oxygen atoms in total. The topological polar surface area (TPSA) is 81.7 Å². The van der Waals surface area contributed by atoms with Gasteiger partial charge in [0, 0.05) is 5.92 Å². The maximum atomic E-state index is 12.4. The molecule has 0 spiro atoms. The minimum Gasteiger partial charge on any atom is -0.461 e. The third-order valence-electron chi connectivity index (χ3n) is 10.2. The number of nitrogens with one attached hydrogen (secondary N) is 1. The van der Waals surface area contributed by atoms with E-state index in [9.17, 15) is 14.4 Å². The van der Waals surface area contributed by atoms with E-state index in [2.05, 4.69) is 19.2 Å². The first-order valence-electron chi connectivity index (χ1n) is 13.5. The van der Waals surface area contributed by atoms with Crippen LogP contribution < -0.4 is 5.32 Å². The molecule has 4 rings (SSSR count). The minimum atomic E-state index is -0.595. The fourth-order valence-corrected chi connectivity index (χ4v) is 8.68. The molecule has 192 valence electrons. The van der Waals surface area contributed by atoms with Crippen LogP contribution in [0.5, 0.6) is 0 Å². The first-order valence-corrected chi connectivity index (χ1v) is 13.5. The SMILES string of the molecule is CC(=O)[C@H]1CC[C@H]2[C@@H]3CC[C@H]4C[C@H](OC(=O)CNC(=O)OC(C)(C)C)CC[C@]4(C)[C@H]3CC[C@]12C. The lowest BCUT2D eigenvalue weighted by Crippen LogP contribution is -2.54. The number of alkyl carbamates (subject to hydrolysis) is 1. The molecule has 0 aromatic heterocycles. The molecule has 1 N–H and O–H groups in total. The number of fused-ring (bicyclic) bond motifs is 5. The Labute approximate surface area is 205 Å². The number of carbonyl (C=O) groups excluding carboxylic acids is 3. The minimum absolute atomic E-state index is 0.0648. The van der Waals surface area contributed by atoms with Crippen LogP contribution in [-0.4, -0.2) is 36.1 Å². The summed E-state index contributed by atoms with van der Waals surface area (Å²) in [4.78, 5) is 36.5. The quantitative estimate of drug-likeness (QED) is 0.530. The van der Waals surface area contributed by atoms with Gasteiger partial charge in [-0.05, 0) is 120 Å². The van der Waals surface area contributed by atoms with Crippen molar-refractivity contribution in [2.75, 3.05) is 6.54 Å². The number of hydrogen-bond donors (Lipinski definition) is 1. The highest BCUT2D eigenvalue weighted by molar-refractivity contribution is 5.79. The van der Waals surface area contributed by atoms with Crippen molar-refractivity contribution in [1.29, 1.82) is 0 Å². The maximum absolute atomic E-state index is 12.4. The van der Waals surface area contributed by atoms with Gasteiger partial charge in [-0.3, -0.25) is 9.59 Å². The van der Waals surface area contributed by atoms with Gasteiger partial charge in [0.2, 0.25) is 0 Å². The van der Waals surface area contributed by atoms with Crippen LogP contribution in [0, 0.1) is 40.4 Å². The van der Waals surface area contributed by atoms with Gasteiger partial charge in [-0.1, -0.05) is 13.8 Å². The molecule has 0 aromatic carbocycles. The van der Waals surface area contributed by atoms with E-state index < -0.39 is 11.7 Å². The van der Waals surface area contributed by atoms with Crippen molar-refractivity contribution >= 4 is 17.8 Å². The Kier molecular flexibility index (Phi) is 6.85. The highest BCUT2D eigenvalue weighted by atomic mass is 16.6. The van der Waals surface area contributed by atoms with E-state index in [1.807, 2.05) is 0 Å². The van der Waals surface area contributed by atoms with Gasteiger partial charge >= 0.3 is 12.1 Å². The average Bonchev–Trinajstić information content (AvgIpc) is 3.09. The molecule has 0 radical (unpaired) electrons. The van der Waals surface area contributed by atoms with E-state index in [4.69, 9.17) is 9.47 Å². The van der Waals surface area contributed by atoms with Gasteiger partial charge in [0.1, 0.15) is 24.0 Å². The van der Waals surface area contributed by atoms with Crippen LogP contribution in [0.4, 0.5) is 4.79 Å². The molecule has 0 unspecified atom stereocenters. The molecule has 4 aliphatic rings. The number of hydrogen-bond acceptors (Lipinski definition) is 5. The lowest BCUT2D eigenvalue weighted by atomic mass is 9.44. The molecule has 8 atom stereocenters. The van der Waals surface area contributed by atoms with Gasteiger partial charge in [-0.25, -0.2) is 4.79 Å². The van der Waals surface area contributed by atoms with Gasteiger partial charge in [-0.2, -0.15) is 0 Å². The second kappa shape index (κ2) is 9.13. The molecule has 0 heterocycles. The summed E-state index contributed by atoms with van der Waals surface area (Å²) >= 11 is 0. The number of rotatable bonds is 4. The third-order valence-corrected chi connectivity index (χ3v) is 10.2. The second-order valence-corrected chi connectivity index (χ2v) is 13.2. The Hall–Kier alpha value is -1.59. The van der Waals surface area contributed by atoms with Crippen LogP contribution in [0.3, 0.4) is 0 Å². The van der Waals surface area contributed by atoms with Crippen molar-refractivity contribution in [3.63, 3.8) is 0 Å². The number of ether oxygens (including phenoxy) is 2. The summed E-state index contributed by atoms with van der Waals surface area (Å²) in [6, 6.07) is 0. The van der Waals surface area contributed by atoms with Gasteiger partial charge in [0.15, 0.2) is 0 Å². The van der Waals surface area contributed by atoms with Gasteiger partial charge in [0.05, 0.1) is 0 Å². The first kappa shape index (κ1) is 25.5. The fraction of sp³-hybridized carbons (Fsp3) is 0.893. The summed E-state index contributed by atoms with van der Waals surface area (Å²) in [7, 11) is 0. The summed E-state index contributed by atoms with van der Waals surface area (Å²) in [5.41, 5.74) is -0.0943. The Bertz CT molecular complexity index is 818. The van der Waals surface area contributed by atoms with E-state index >= 15 is 0 Å². The van der Waals surface area contributed by atoms with Crippen LogP contribution in [-0.2, 0) is 19.1 Å². The number of carbonyl (C=O) groups is 3. The standard InChI is InChI=1S/C28H45NO5/c1-17(30)21-9-10-22-20-8-7-18-15-19(33-24(31)16-29-25(32)34-26(2,3)4)11-13-27(18,5)23(20)12-14-28(21,22)6/h18-23H,7-16H2,1-6H3,(H,29,32)/t18-,19+,20-,21+,22-,23-,27-,28+/m0/s1. The summed E-state index contributed by atoms with van der Waals surface area (Å²) in [6.07, 6.45) is 9.41. The third kappa shape index (κ3) is 4.75.